The number of hydrogen-bond acceptors (Lipinski definition) is 12. The molecule has 4 heterocycles. The molecule has 2 aromatic heterocycles. The van der Waals surface area contributed by atoms with Gasteiger partial charge >= 0.3 is 23.6 Å². The van der Waals surface area contributed by atoms with Crippen molar-refractivity contribution in [1.29, 1.82) is 0 Å². The smallest absolute Gasteiger partial charge is 0.351 e. The van der Waals surface area contributed by atoms with Gasteiger partial charge in [0.1, 0.15) is 12.7 Å². The van der Waals surface area contributed by atoms with Gasteiger partial charge in [-0.2, -0.15) is 4.98 Å². The number of pyridine rings is 1. The third kappa shape index (κ3) is 4.33. The molecule has 13 heteroatoms. The molecular weight excluding hydrogens is 428 g/mol. The highest BCUT2D eigenvalue weighted by molar-refractivity contribution is 5.92. The van der Waals surface area contributed by atoms with Crippen molar-refractivity contribution in [2.24, 2.45) is 0 Å². The minimum Gasteiger partial charge on any atom is -0.459 e. The van der Waals surface area contributed by atoms with E-state index in [4.69, 9.17) is 24.2 Å². The molecule has 4 rings (SSSR count). The van der Waals surface area contributed by atoms with E-state index in [0.717, 1.165) is 16.7 Å². The Morgan fingerprint density at radius 3 is 2.56 bits per heavy atom. The zero-order valence-corrected chi connectivity index (χ0v) is 16.2. The van der Waals surface area contributed by atoms with Gasteiger partial charge in [-0.05, 0) is 18.2 Å². The number of carbonyl (C=O) groups excluding carboxylic acids is 3. The Morgan fingerprint density at radius 2 is 1.91 bits per heavy atom. The van der Waals surface area contributed by atoms with Crippen molar-refractivity contribution in [3.05, 3.63) is 65.0 Å². The van der Waals surface area contributed by atoms with Crippen molar-refractivity contribution in [1.82, 2.24) is 14.5 Å². The van der Waals surface area contributed by atoms with Gasteiger partial charge in [0.2, 0.25) is 0 Å². The minimum absolute atomic E-state index is 0.119. The van der Waals surface area contributed by atoms with Crippen molar-refractivity contribution >= 4 is 23.7 Å². The van der Waals surface area contributed by atoms with E-state index in [2.05, 4.69) is 9.97 Å². The van der Waals surface area contributed by atoms with E-state index < -0.39 is 48.1 Å². The molecule has 0 aliphatic carbocycles. The first kappa shape index (κ1) is 21.1. The van der Waals surface area contributed by atoms with Gasteiger partial charge in [0, 0.05) is 30.7 Å². The van der Waals surface area contributed by atoms with Crippen LogP contribution in [0.4, 0.5) is 5.82 Å². The summed E-state index contributed by atoms with van der Waals surface area (Å²) in [7, 11) is 0. The van der Waals surface area contributed by atoms with Crippen LogP contribution in [0.25, 0.3) is 0 Å². The lowest BCUT2D eigenvalue weighted by Gasteiger charge is -2.25. The number of fused-ring (bicyclic) bond motifs is 1. The normalized spacial score (nSPS) is 25.5. The summed E-state index contributed by atoms with van der Waals surface area (Å²) in [5.41, 5.74) is 1.08. The summed E-state index contributed by atoms with van der Waals surface area (Å²) in [6.45, 7) is -0.377. The fourth-order valence-corrected chi connectivity index (χ4v) is 3.21. The molecule has 1 saturated heterocycles. The maximum absolute atomic E-state index is 12.4. The summed E-state index contributed by atoms with van der Waals surface area (Å²) in [6.07, 6.45) is 1.06. The molecular formula is C19H16N4O9. The SMILES string of the molecule is O=C1/C=C\C(=O)O[C@H]2C(O1)[C@@H](COC(=O)c1cccnc1)O[C@H]2n1ccc(NO)nc1=O. The lowest BCUT2D eigenvalue weighted by Crippen LogP contribution is -2.43. The number of nitrogens with zero attached hydrogens (tertiary/aromatic N) is 3. The summed E-state index contributed by atoms with van der Waals surface area (Å²) in [5, 5.41) is 8.92. The summed E-state index contributed by atoms with van der Waals surface area (Å²) in [6, 6.07) is 4.33. The van der Waals surface area contributed by atoms with Gasteiger partial charge in [-0.25, -0.2) is 19.2 Å². The van der Waals surface area contributed by atoms with E-state index >= 15 is 0 Å². The first-order valence-corrected chi connectivity index (χ1v) is 9.27. The maximum atomic E-state index is 12.4. The van der Waals surface area contributed by atoms with Crippen LogP contribution in [0.2, 0.25) is 0 Å². The minimum atomic E-state index is -1.25. The van der Waals surface area contributed by atoms with Crippen LogP contribution in [0.15, 0.2) is 53.7 Å². The van der Waals surface area contributed by atoms with Gasteiger partial charge in [-0.15, -0.1) is 0 Å². The van der Waals surface area contributed by atoms with E-state index in [-0.39, 0.29) is 18.0 Å². The number of anilines is 1. The van der Waals surface area contributed by atoms with E-state index in [0.29, 0.717) is 0 Å². The van der Waals surface area contributed by atoms with Crippen LogP contribution < -0.4 is 11.2 Å². The third-order valence-electron chi connectivity index (χ3n) is 4.64. The van der Waals surface area contributed by atoms with Gasteiger partial charge in [0.05, 0.1) is 5.56 Å². The molecule has 0 aromatic carbocycles. The Hall–Kier alpha value is -4.10. The summed E-state index contributed by atoms with van der Waals surface area (Å²) < 4.78 is 22.7. The molecule has 0 amide bonds. The number of hydrogen-bond donors (Lipinski definition) is 2. The maximum Gasteiger partial charge on any atom is 0.351 e. The number of aromatic nitrogens is 3. The predicted molar refractivity (Wildman–Crippen MR) is 101 cm³/mol. The van der Waals surface area contributed by atoms with Crippen LogP contribution in [-0.4, -0.2) is 62.6 Å². The predicted octanol–water partition coefficient (Wildman–Crippen LogP) is -0.413. The Labute approximate surface area is 179 Å². The van der Waals surface area contributed by atoms with Crippen molar-refractivity contribution in [2.75, 3.05) is 12.1 Å². The molecule has 4 atom stereocenters. The third-order valence-corrected chi connectivity index (χ3v) is 4.64. The average Bonchev–Trinajstić information content (AvgIpc) is 3.11. The number of ether oxygens (including phenoxy) is 4. The van der Waals surface area contributed by atoms with Crippen molar-refractivity contribution in [3.8, 4) is 0 Å². The summed E-state index contributed by atoms with van der Waals surface area (Å²) >= 11 is 0. The number of rotatable bonds is 5. The van der Waals surface area contributed by atoms with E-state index in [1.54, 1.807) is 11.5 Å². The molecule has 166 valence electrons. The van der Waals surface area contributed by atoms with Gasteiger partial charge in [-0.3, -0.25) is 20.2 Å². The molecule has 2 aliphatic heterocycles. The molecule has 2 N–H and O–H groups in total. The highest BCUT2D eigenvalue weighted by atomic mass is 16.7. The second-order valence-electron chi connectivity index (χ2n) is 6.66. The Morgan fingerprint density at radius 1 is 1.16 bits per heavy atom. The van der Waals surface area contributed by atoms with Crippen LogP contribution in [0.1, 0.15) is 16.6 Å². The summed E-state index contributed by atoms with van der Waals surface area (Å²) in [4.78, 5) is 56.1. The van der Waals surface area contributed by atoms with Gasteiger partial charge in [0.15, 0.2) is 24.3 Å². The molecule has 1 unspecified atom stereocenters. The van der Waals surface area contributed by atoms with Gasteiger partial charge < -0.3 is 18.9 Å². The highest BCUT2D eigenvalue weighted by Crippen LogP contribution is 2.34. The van der Waals surface area contributed by atoms with Crippen LogP contribution in [0.5, 0.6) is 0 Å². The van der Waals surface area contributed by atoms with E-state index in [9.17, 15) is 19.2 Å². The van der Waals surface area contributed by atoms with Crippen LogP contribution >= 0.6 is 0 Å². The largest absolute Gasteiger partial charge is 0.459 e. The second-order valence-corrected chi connectivity index (χ2v) is 6.66. The first-order valence-electron chi connectivity index (χ1n) is 9.27. The van der Waals surface area contributed by atoms with Crippen molar-refractivity contribution < 1.29 is 38.5 Å². The fourth-order valence-electron chi connectivity index (χ4n) is 3.21. The monoisotopic (exact) mass is 444 g/mol. The molecule has 1 fully saturated rings. The van der Waals surface area contributed by atoms with Crippen LogP contribution in [0.3, 0.4) is 0 Å². The zero-order chi connectivity index (χ0) is 22.7. The lowest BCUT2D eigenvalue weighted by molar-refractivity contribution is -0.164. The highest BCUT2D eigenvalue weighted by Gasteiger charge is 2.51. The Bertz CT molecular complexity index is 1120. The average molecular weight is 444 g/mol. The van der Waals surface area contributed by atoms with Gasteiger partial charge in [0.25, 0.3) is 0 Å². The van der Waals surface area contributed by atoms with Crippen molar-refractivity contribution in [3.63, 3.8) is 0 Å². The van der Waals surface area contributed by atoms with E-state index in [1.165, 1.54) is 30.7 Å². The summed E-state index contributed by atoms with van der Waals surface area (Å²) in [5.74, 6) is -2.51. The molecule has 32 heavy (non-hydrogen) atoms. The topological polar surface area (TPSA) is 168 Å². The van der Waals surface area contributed by atoms with Gasteiger partial charge in [-0.1, -0.05) is 0 Å². The molecule has 2 aromatic rings. The number of esters is 3. The number of carbonyl (C=O) groups is 3. The zero-order valence-electron chi connectivity index (χ0n) is 16.2. The fraction of sp³-hybridized carbons (Fsp3) is 0.263. The molecule has 0 bridgehead atoms. The molecule has 13 nitrogen and oxygen atoms in total. The molecule has 0 spiro atoms. The standard InChI is InChI=1S/C19H16N4O9/c24-13-3-4-14(25)32-16-15(31-13)11(9-29-18(26)10-2-1-6-20-8-10)30-17(16)23-7-5-12(22-28)21-19(23)27/h1-8,11,15-17,28H,9H2,(H,21,22,27)/b4-3-/t11-,15?,16+,17-/m1/s1. The van der Waals surface area contributed by atoms with Crippen LogP contribution in [0, 0.1) is 0 Å². The number of nitrogens with one attached hydrogen (secondary N) is 1. The molecule has 0 saturated carbocycles. The lowest BCUT2D eigenvalue weighted by atomic mass is 10.1. The Balaban J connectivity index is 1.61. The van der Waals surface area contributed by atoms with E-state index in [1.807, 2.05) is 0 Å². The Kier molecular flexibility index (Phi) is 5.91. The molecule has 0 radical (unpaired) electrons. The van der Waals surface area contributed by atoms with Crippen molar-refractivity contribution in [2.45, 2.75) is 24.5 Å². The molecule has 2 aliphatic rings. The second kappa shape index (κ2) is 8.95. The first-order chi connectivity index (χ1) is 15.5. The quantitative estimate of drug-likeness (QED) is 0.348. The van der Waals surface area contributed by atoms with Crippen LogP contribution in [-0.2, 0) is 28.5 Å².